The molecular weight excluding hydrogens is 258 g/mol. The standard InChI is InChI=1S/C19H29NO/c1-14(2)17-10-9-15(3)13-18(17)19(21)20-12-11-16-7-5-4-6-8-16/h4-8,14-15,17-18H,9-13H2,1-3H3,(H,20,21)/t15-,17+,18-/m1/s1. The summed E-state index contributed by atoms with van der Waals surface area (Å²) in [5.41, 5.74) is 1.29. The molecule has 2 nitrogen and oxygen atoms in total. The summed E-state index contributed by atoms with van der Waals surface area (Å²) in [6.45, 7) is 7.54. The first-order valence-corrected chi connectivity index (χ1v) is 8.39. The Hall–Kier alpha value is -1.31. The van der Waals surface area contributed by atoms with Gasteiger partial charge in [-0.1, -0.05) is 57.5 Å². The topological polar surface area (TPSA) is 29.1 Å². The summed E-state index contributed by atoms with van der Waals surface area (Å²) < 4.78 is 0. The van der Waals surface area contributed by atoms with Crippen LogP contribution in [0.2, 0.25) is 0 Å². The van der Waals surface area contributed by atoms with Gasteiger partial charge < -0.3 is 5.32 Å². The largest absolute Gasteiger partial charge is 0.356 e. The van der Waals surface area contributed by atoms with Crippen LogP contribution in [0.1, 0.15) is 45.6 Å². The van der Waals surface area contributed by atoms with E-state index in [4.69, 9.17) is 0 Å². The number of hydrogen-bond acceptors (Lipinski definition) is 1. The molecule has 1 N–H and O–H groups in total. The van der Waals surface area contributed by atoms with Crippen molar-refractivity contribution in [1.82, 2.24) is 5.32 Å². The van der Waals surface area contributed by atoms with Crippen molar-refractivity contribution < 1.29 is 4.79 Å². The van der Waals surface area contributed by atoms with Crippen LogP contribution >= 0.6 is 0 Å². The second kappa shape index (κ2) is 7.63. The fourth-order valence-electron chi connectivity index (χ4n) is 3.61. The van der Waals surface area contributed by atoms with Crippen molar-refractivity contribution in [1.29, 1.82) is 0 Å². The molecule has 1 fully saturated rings. The number of nitrogens with one attached hydrogen (secondary N) is 1. The maximum absolute atomic E-state index is 12.5. The third-order valence-corrected chi connectivity index (χ3v) is 4.91. The van der Waals surface area contributed by atoms with E-state index in [-0.39, 0.29) is 11.8 Å². The minimum Gasteiger partial charge on any atom is -0.356 e. The van der Waals surface area contributed by atoms with Gasteiger partial charge in [0, 0.05) is 12.5 Å². The van der Waals surface area contributed by atoms with Crippen LogP contribution in [0.3, 0.4) is 0 Å². The van der Waals surface area contributed by atoms with Crippen LogP contribution < -0.4 is 5.32 Å². The first-order chi connectivity index (χ1) is 10.1. The van der Waals surface area contributed by atoms with Gasteiger partial charge in [0.05, 0.1) is 0 Å². The van der Waals surface area contributed by atoms with Gasteiger partial charge in [-0.05, 0) is 42.6 Å². The molecule has 21 heavy (non-hydrogen) atoms. The normalized spacial score (nSPS) is 25.8. The molecule has 0 saturated heterocycles. The van der Waals surface area contributed by atoms with Crippen LogP contribution in [-0.4, -0.2) is 12.5 Å². The van der Waals surface area contributed by atoms with Crippen LogP contribution in [0.25, 0.3) is 0 Å². The number of carbonyl (C=O) groups is 1. The summed E-state index contributed by atoms with van der Waals surface area (Å²) in [5, 5.41) is 3.17. The van der Waals surface area contributed by atoms with Crippen molar-refractivity contribution in [3.63, 3.8) is 0 Å². The summed E-state index contributed by atoms with van der Waals surface area (Å²) in [5.74, 6) is 2.32. The first-order valence-electron chi connectivity index (χ1n) is 8.39. The van der Waals surface area contributed by atoms with E-state index in [0.29, 0.717) is 17.8 Å². The highest BCUT2D eigenvalue weighted by molar-refractivity contribution is 5.79. The van der Waals surface area contributed by atoms with E-state index >= 15 is 0 Å². The van der Waals surface area contributed by atoms with Crippen molar-refractivity contribution in [3.8, 4) is 0 Å². The van der Waals surface area contributed by atoms with Crippen molar-refractivity contribution in [3.05, 3.63) is 35.9 Å². The molecule has 1 aromatic rings. The lowest BCUT2D eigenvalue weighted by Gasteiger charge is -2.36. The minimum atomic E-state index is 0.213. The molecule has 0 heterocycles. The molecule has 1 aliphatic rings. The number of amides is 1. The van der Waals surface area contributed by atoms with Gasteiger partial charge in [-0.3, -0.25) is 4.79 Å². The van der Waals surface area contributed by atoms with Gasteiger partial charge in [-0.25, -0.2) is 0 Å². The summed E-state index contributed by atoms with van der Waals surface area (Å²) >= 11 is 0. The van der Waals surface area contributed by atoms with Crippen LogP contribution in [0, 0.1) is 23.7 Å². The fourth-order valence-corrected chi connectivity index (χ4v) is 3.61. The Bertz CT molecular complexity index is 440. The Morgan fingerprint density at radius 2 is 1.95 bits per heavy atom. The van der Waals surface area contributed by atoms with Gasteiger partial charge in [-0.15, -0.1) is 0 Å². The fraction of sp³-hybridized carbons (Fsp3) is 0.632. The van der Waals surface area contributed by atoms with Crippen molar-refractivity contribution in [2.75, 3.05) is 6.54 Å². The summed E-state index contributed by atoms with van der Waals surface area (Å²) in [7, 11) is 0. The van der Waals surface area contributed by atoms with Crippen LogP contribution in [0.4, 0.5) is 0 Å². The number of hydrogen-bond donors (Lipinski definition) is 1. The van der Waals surface area contributed by atoms with Gasteiger partial charge in [0.15, 0.2) is 0 Å². The zero-order chi connectivity index (χ0) is 15.2. The number of carbonyl (C=O) groups excluding carboxylic acids is 1. The molecule has 2 heteroatoms. The molecular formula is C19H29NO. The Kier molecular flexibility index (Phi) is 5.84. The SMILES string of the molecule is CC(C)[C@@H]1CC[C@@H](C)C[C@H]1C(=O)NCCc1ccccc1. The van der Waals surface area contributed by atoms with Crippen LogP contribution in [0.15, 0.2) is 30.3 Å². The third kappa shape index (κ3) is 4.59. The highest BCUT2D eigenvalue weighted by Gasteiger charge is 2.35. The van der Waals surface area contributed by atoms with Gasteiger partial charge in [-0.2, -0.15) is 0 Å². The lowest BCUT2D eigenvalue weighted by atomic mass is 9.70. The molecule has 2 rings (SSSR count). The molecule has 116 valence electrons. The van der Waals surface area contributed by atoms with E-state index in [0.717, 1.165) is 19.4 Å². The molecule has 1 aromatic carbocycles. The molecule has 1 saturated carbocycles. The van der Waals surface area contributed by atoms with E-state index in [9.17, 15) is 4.79 Å². The van der Waals surface area contributed by atoms with Crippen molar-refractivity contribution in [2.24, 2.45) is 23.7 Å². The third-order valence-electron chi connectivity index (χ3n) is 4.91. The molecule has 1 amide bonds. The maximum Gasteiger partial charge on any atom is 0.223 e. The lowest BCUT2D eigenvalue weighted by molar-refractivity contribution is -0.129. The second-order valence-electron chi connectivity index (χ2n) is 6.96. The first kappa shape index (κ1) is 16.1. The Labute approximate surface area is 129 Å². The van der Waals surface area contributed by atoms with Gasteiger partial charge in [0.1, 0.15) is 0 Å². The molecule has 0 aromatic heterocycles. The van der Waals surface area contributed by atoms with E-state index in [2.05, 4.69) is 50.4 Å². The predicted octanol–water partition coefficient (Wildman–Crippen LogP) is 4.05. The van der Waals surface area contributed by atoms with Gasteiger partial charge in [0.25, 0.3) is 0 Å². The molecule has 0 radical (unpaired) electrons. The van der Waals surface area contributed by atoms with E-state index in [1.54, 1.807) is 0 Å². The average molecular weight is 287 g/mol. The molecule has 0 unspecified atom stereocenters. The summed E-state index contributed by atoms with van der Waals surface area (Å²) in [6, 6.07) is 10.4. The quantitative estimate of drug-likeness (QED) is 0.869. The van der Waals surface area contributed by atoms with Gasteiger partial charge >= 0.3 is 0 Å². The number of rotatable bonds is 5. The highest BCUT2D eigenvalue weighted by atomic mass is 16.1. The molecule has 0 bridgehead atoms. The molecule has 1 aliphatic carbocycles. The Morgan fingerprint density at radius 1 is 1.24 bits per heavy atom. The smallest absolute Gasteiger partial charge is 0.223 e. The lowest BCUT2D eigenvalue weighted by Crippen LogP contribution is -2.40. The van der Waals surface area contributed by atoms with Crippen molar-refractivity contribution in [2.45, 2.75) is 46.5 Å². The van der Waals surface area contributed by atoms with Gasteiger partial charge in [0.2, 0.25) is 5.91 Å². The molecule has 0 aliphatic heterocycles. The minimum absolute atomic E-state index is 0.213. The average Bonchev–Trinajstić information content (AvgIpc) is 2.47. The zero-order valence-electron chi connectivity index (χ0n) is 13.6. The monoisotopic (exact) mass is 287 g/mol. The molecule has 0 spiro atoms. The number of benzene rings is 1. The maximum atomic E-state index is 12.5. The summed E-state index contributed by atoms with van der Waals surface area (Å²) in [4.78, 5) is 12.5. The predicted molar refractivity (Wildman–Crippen MR) is 88.0 cm³/mol. The Morgan fingerprint density at radius 3 is 2.62 bits per heavy atom. The van der Waals surface area contributed by atoms with E-state index in [1.807, 2.05) is 6.07 Å². The van der Waals surface area contributed by atoms with E-state index < -0.39 is 0 Å². The second-order valence-corrected chi connectivity index (χ2v) is 6.96. The van der Waals surface area contributed by atoms with E-state index in [1.165, 1.54) is 18.4 Å². The van der Waals surface area contributed by atoms with Crippen LogP contribution in [-0.2, 0) is 11.2 Å². The van der Waals surface area contributed by atoms with Crippen molar-refractivity contribution >= 4 is 5.91 Å². The summed E-state index contributed by atoms with van der Waals surface area (Å²) in [6.07, 6.45) is 4.45. The van der Waals surface area contributed by atoms with Crippen LogP contribution in [0.5, 0.6) is 0 Å². The zero-order valence-corrected chi connectivity index (χ0v) is 13.6. The highest BCUT2D eigenvalue weighted by Crippen LogP contribution is 2.38. The Balaban J connectivity index is 1.85. The molecule has 3 atom stereocenters.